The van der Waals surface area contributed by atoms with Crippen LogP contribution in [0.4, 0.5) is 0 Å². The van der Waals surface area contributed by atoms with Crippen LogP contribution in [-0.2, 0) is 11.3 Å². The van der Waals surface area contributed by atoms with Gasteiger partial charge < -0.3 is 14.8 Å². The number of hydrogen-bond donors (Lipinski definition) is 1. The van der Waals surface area contributed by atoms with Crippen LogP contribution in [0.5, 0.6) is 11.6 Å². The summed E-state index contributed by atoms with van der Waals surface area (Å²) in [5.74, 6) is 0.912. The second-order valence-electron chi connectivity index (χ2n) is 7.23. The van der Waals surface area contributed by atoms with Crippen molar-refractivity contribution in [2.24, 2.45) is 0 Å². The van der Waals surface area contributed by atoms with Gasteiger partial charge in [-0.05, 0) is 49.2 Å². The van der Waals surface area contributed by atoms with E-state index in [1.165, 1.54) is 0 Å². The van der Waals surface area contributed by atoms with E-state index in [2.05, 4.69) is 15.4 Å². The van der Waals surface area contributed by atoms with E-state index >= 15 is 0 Å². The summed E-state index contributed by atoms with van der Waals surface area (Å²) in [4.78, 5) is 16.9. The normalized spacial score (nSPS) is 10.8. The molecule has 2 heterocycles. The van der Waals surface area contributed by atoms with E-state index in [1.807, 2.05) is 74.5 Å². The van der Waals surface area contributed by atoms with Crippen molar-refractivity contribution in [3.63, 3.8) is 0 Å². The summed E-state index contributed by atoms with van der Waals surface area (Å²) in [5.41, 5.74) is 4.46. The molecule has 4 rings (SSSR count). The number of benzene rings is 2. The van der Waals surface area contributed by atoms with Crippen LogP contribution in [0.2, 0.25) is 0 Å². The monoisotopic (exact) mass is 416 g/mol. The quantitative estimate of drug-likeness (QED) is 0.497. The Bertz CT molecular complexity index is 1220. The smallest absolute Gasteiger partial charge is 0.258 e. The van der Waals surface area contributed by atoms with Crippen molar-refractivity contribution >= 4 is 16.9 Å². The highest BCUT2D eigenvalue weighted by atomic mass is 16.5. The molecule has 0 atom stereocenters. The molecule has 0 spiro atoms. The predicted octanol–water partition coefficient (Wildman–Crippen LogP) is 3.74. The van der Waals surface area contributed by atoms with Crippen molar-refractivity contribution in [3.8, 4) is 17.3 Å². The van der Waals surface area contributed by atoms with E-state index in [0.29, 0.717) is 18.1 Å². The van der Waals surface area contributed by atoms with E-state index < -0.39 is 0 Å². The number of carbonyl (C=O) groups excluding carboxylic acids is 1. The Hall–Kier alpha value is -3.87. The second kappa shape index (κ2) is 8.87. The molecule has 0 unspecified atom stereocenters. The molecule has 2 aromatic carbocycles. The van der Waals surface area contributed by atoms with Gasteiger partial charge in [-0.3, -0.25) is 4.79 Å². The molecule has 0 aliphatic rings. The van der Waals surface area contributed by atoms with Gasteiger partial charge in [0.25, 0.3) is 5.91 Å². The summed E-state index contributed by atoms with van der Waals surface area (Å²) in [6.07, 6.45) is 0. The molecule has 0 bridgehead atoms. The number of fused-ring (bicyclic) bond motifs is 1. The maximum atomic E-state index is 12.3. The SMILES string of the molecule is COc1cccc(CNC(=O)COc2cc(C)c3c(C)nn(-c4ccccc4)c3n2)c1. The number of para-hydroxylation sites is 1. The van der Waals surface area contributed by atoms with Crippen molar-refractivity contribution < 1.29 is 14.3 Å². The van der Waals surface area contributed by atoms with Gasteiger partial charge >= 0.3 is 0 Å². The van der Waals surface area contributed by atoms with Gasteiger partial charge in [0.2, 0.25) is 5.88 Å². The second-order valence-corrected chi connectivity index (χ2v) is 7.23. The Morgan fingerprint density at radius 1 is 1.06 bits per heavy atom. The van der Waals surface area contributed by atoms with Gasteiger partial charge in [-0.2, -0.15) is 10.1 Å². The Morgan fingerprint density at radius 3 is 2.65 bits per heavy atom. The number of aromatic nitrogens is 3. The van der Waals surface area contributed by atoms with Crippen molar-refractivity contribution in [1.82, 2.24) is 20.1 Å². The zero-order chi connectivity index (χ0) is 21.8. The molecule has 0 radical (unpaired) electrons. The third-order valence-electron chi connectivity index (χ3n) is 4.96. The molecule has 1 N–H and O–H groups in total. The minimum atomic E-state index is -0.227. The largest absolute Gasteiger partial charge is 0.497 e. The van der Waals surface area contributed by atoms with E-state index in [4.69, 9.17) is 9.47 Å². The Morgan fingerprint density at radius 2 is 1.87 bits per heavy atom. The van der Waals surface area contributed by atoms with Crippen LogP contribution < -0.4 is 14.8 Å². The van der Waals surface area contributed by atoms with Crippen LogP contribution in [0.25, 0.3) is 16.7 Å². The lowest BCUT2D eigenvalue weighted by Crippen LogP contribution is -2.28. The zero-order valence-corrected chi connectivity index (χ0v) is 17.8. The fourth-order valence-corrected chi connectivity index (χ4v) is 3.47. The Kier molecular flexibility index (Phi) is 5.84. The third-order valence-corrected chi connectivity index (χ3v) is 4.96. The number of aryl methyl sites for hydroxylation is 2. The number of rotatable bonds is 7. The predicted molar refractivity (Wildman–Crippen MR) is 119 cm³/mol. The lowest BCUT2D eigenvalue weighted by molar-refractivity contribution is -0.123. The Labute approximate surface area is 180 Å². The number of nitrogens with one attached hydrogen (secondary N) is 1. The molecule has 2 aromatic heterocycles. The zero-order valence-electron chi connectivity index (χ0n) is 17.8. The lowest BCUT2D eigenvalue weighted by atomic mass is 10.2. The van der Waals surface area contributed by atoms with Crippen molar-refractivity contribution in [2.75, 3.05) is 13.7 Å². The van der Waals surface area contributed by atoms with Crippen molar-refractivity contribution in [2.45, 2.75) is 20.4 Å². The first-order valence-corrected chi connectivity index (χ1v) is 10.00. The van der Waals surface area contributed by atoms with Crippen LogP contribution in [-0.4, -0.2) is 34.4 Å². The highest BCUT2D eigenvalue weighted by Crippen LogP contribution is 2.26. The van der Waals surface area contributed by atoms with Crippen LogP contribution >= 0.6 is 0 Å². The highest BCUT2D eigenvalue weighted by Gasteiger charge is 2.15. The number of methoxy groups -OCH3 is 1. The third kappa shape index (κ3) is 4.50. The van der Waals surface area contributed by atoms with Crippen molar-refractivity contribution in [1.29, 1.82) is 0 Å². The first kappa shape index (κ1) is 20.4. The summed E-state index contributed by atoms with van der Waals surface area (Å²) in [6.45, 7) is 4.22. The topological polar surface area (TPSA) is 78.3 Å². The van der Waals surface area contributed by atoms with Crippen LogP contribution in [0.15, 0.2) is 60.7 Å². The average Bonchev–Trinajstić information content (AvgIpc) is 3.13. The van der Waals surface area contributed by atoms with Crippen LogP contribution in [0.3, 0.4) is 0 Å². The number of ether oxygens (including phenoxy) is 2. The lowest BCUT2D eigenvalue weighted by Gasteiger charge is -2.09. The molecule has 0 saturated carbocycles. The van der Waals surface area contributed by atoms with Gasteiger partial charge in [0.05, 0.1) is 18.5 Å². The molecule has 7 nitrogen and oxygen atoms in total. The Balaban J connectivity index is 1.47. The number of nitrogens with zero attached hydrogens (tertiary/aromatic N) is 3. The summed E-state index contributed by atoms with van der Waals surface area (Å²) in [6, 6.07) is 19.2. The molecule has 7 heteroatoms. The van der Waals surface area contributed by atoms with Crippen LogP contribution in [0.1, 0.15) is 16.8 Å². The maximum absolute atomic E-state index is 12.3. The number of pyridine rings is 1. The van der Waals surface area contributed by atoms with E-state index in [0.717, 1.165) is 33.6 Å². The minimum Gasteiger partial charge on any atom is -0.497 e. The van der Waals surface area contributed by atoms with E-state index in [1.54, 1.807) is 11.8 Å². The average molecular weight is 416 g/mol. The van der Waals surface area contributed by atoms with Crippen LogP contribution in [0, 0.1) is 13.8 Å². The molecule has 0 aliphatic carbocycles. The molecule has 0 aliphatic heterocycles. The first-order chi connectivity index (χ1) is 15.0. The fourth-order valence-electron chi connectivity index (χ4n) is 3.47. The summed E-state index contributed by atoms with van der Waals surface area (Å²) < 4.78 is 12.7. The number of amides is 1. The van der Waals surface area contributed by atoms with Gasteiger partial charge in [-0.15, -0.1) is 0 Å². The molecular formula is C24H24N4O3. The van der Waals surface area contributed by atoms with Crippen molar-refractivity contribution in [3.05, 3.63) is 77.5 Å². The number of carbonyl (C=O) groups is 1. The minimum absolute atomic E-state index is 0.125. The fraction of sp³-hybridized carbons (Fsp3) is 0.208. The maximum Gasteiger partial charge on any atom is 0.258 e. The summed E-state index contributed by atoms with van der Waals surface area (Å²) in [7, 11) is 1.61. The van der Waals surface area contributed by atoms with Gasteiger partial charge in [0.1, 0.15) is 5.75 Å². The standard InChI is InChI=1S/C24H24N4O3/c1-16-12-22(31-15-21(29)25-14-18-8-7-11-20(13-18)30-3)26-24-23(16)17(2)27-28(24)19-9-5-4-6-10-19/h4-13H,14-15H2,1-3H3,(H,25,29). The van der Waals surface area contributed by atoms with E-state index in [9.17, 15) is 4.79 Å². The molecule has 31 heavy (non-hydrogen) atoms. The molecule has 158 valence electrons. The van der Waals surface area contributed by atoms with E-state index in [-0.39, 0.29) is 12.5 Å². The van der Waals surface area contributed by atoms with Gasteiger partial charge in [0.15, 0.2) is 12.3 Å². The summed E-state index contributed by atoms with van der Waals surface area (Å²) >= 11 is 0. The molecule has 0 fully saturated rings. The molecule has 1 amide bonds. The molecule has 4 aromatic rings. The van der Waals surface area contributed by atoms with Gasteiger partial charge in [-0.1, -0.05) is 30.3 Å². The first-order valence-electron chi connectivity index (χ1n) is 10.00. The van der Waals surface area contributed by atoms with Gasteiger partial charge in [-0.25, -0.2) is 4.68 Å². The number of hydrogen-bond acceptors (Lipinski definition) is 5. The summed E-state index contributed by atoms with van der Waals surface area (Å²) in [5, 5.41) is 8.48. The molecule has 0 saturated heterocycles. The molecular weight excluding hydrogens is 392 g/mol. The van der Waals surface area contributed by atoms with Gasteiger partial charge in [0, 0.05) is 18.0 Å². The highest BCUT2D eigenvalue weighted by molar-refractivity contribution is 5.84.